The van der Waals surface area contributed by atoms with Crippen molar-refractivity contribution in [1.82, 2.24) is 9.80 Å². The van der Waals surface area contributed by atoms with Gasteiger partial charge in [-0.2, -0.15) is 0 Å². The van der Waals surface area contributed by atoms with Crippen LogP contribution in [0.3, 0.4) is 0 Å². The molecule has 1 aliphatic carbocycles. The van der Waals surface area contributed by atoms with Gasteiger partial charge in [-0.1, -0.05) is 0 Å². The van der Waals surface area contributed by atoms with E-state index >= 15 is 0 Å². The monoisotopic (exact) mass is 336 g/mol. The van der Waals surface area contributed by atoms with Gasteiger partial charge in [0.25, 0.3) is 0 Å². The van der Waals surface area contributed by atoms with Gasteiger partial charge in [0.1, 0.15) is 12.2 Å². The van der Waals surface area contributed by atoms with E-state index < -0.39 is 0 Å². The fraction of sp³-hybridized carbons (Fsp3) is 0.889. The number of rotatable bonds is 5. The zero-order valence-electron chi connectivity index (χ0n) is 14.4. The van der Waals surface area contributed by atoms with E-state index in [-0.39, 0.29) is 30.1 Å². The van der Waals surface area contributed by atoms with E-state index in [1.54, 1.807) is 0 Å². The number of ether oxygens (including phenoxy) is 2. The van der Waals surface area contributed by atoms with E-state index in [1.165, 1.54) is 12.8 Å². The molecule has 1 saturated carbocycles. The molecule has 0 radical (unpaired) electrons. The molecule has 4 fully saturated rings. The minimum absolute atomic E-state index is 0.0750. The molecule has 0 aromatic carbocycles. The number of hydrogen-bond donors (Lipinski definition) is 0. The molecule has 0 aromatic heterocycles. The lowest BCUT2D eigenvalue weighted by atomic mass is 9.84. The summed E-state index contributed by atoms with van der Waals surface area (Å²) in [5.41, 5.74) is -0.223. The molecule has 0 aromatic rings. The highest BCUT2D eigenvalue weighted by Gasteiger charge is 2.50. The van der Waals surface area contributed by atoms with Crippen LogP contribution in [0.5, 0.6) is 0 Å². The van der Waals surface area contributed by atoms with Gasteiger partial charge < -0.3 is 19.3 Å². The molecule has 1 atom stereocenters. The summed E-state index contributed by atoms with van der Waals surface area (Å²) in [6, 6.07) is 0. The second kappa shape index (κ2) is 6.64. The Balaban J connectivity index is 1.21. The van der Waals surface area contributed by atoms with E-state index in [2.05, 4.69) is 0 Å². The first kappa shape index (κ1) is 16.3. The van der Waals surface area contributed by atoms with Crippen molar-refractivity contribution in [1.29, 1.82) is 0 Å². The molecule has 4 aliphatic rings. The second-order valence-electron chi connectivity index (χ2n) is 7.94. The van der Waals surface area contributed by atoms with Gasteiger partial charge in [0.15, 0.2) is 0 Å². The Labute approximate surface area is 143 Å². The lowest BCUT2D eigenvalue weighted by Gasteiger charge is -2.53. The van der Waals surface area contributed by atoms with Crippen molar-refractivity contribution in [2.24, 2.45) is 5.92 Å². The number of carbonyl (C=O) groups excluding carboxylic acids is 2. The minimum atomic E-state index is -0.223. The fourth-order valence-electron chi connectivity index (χ4n) is 4.12. The molecule has 24 heavy (non-hydrogen) atoms. The Morgan fingerprint density at radius 3 is 2.50 bits per heavy atom. The van der Waals surface area contributed by atoms with Gasteiger partial charge in [-0.05, 0) is 38.0 Å². The van der Waals surface area contributed by atoms with E-state index in [0.717, 1.165) is 38.8 Å². The maximum absolute atomic E-state index is 12.1. The van der Waals surface area contributed by atoms with Crippen LogP contribution in [-0.4, -0.2) is 72.7 Å². The first-order valence-electron chi connectivity index (χ1n) is 9.45. The molecular formula is C18H28N2O4. The Morgan fingerprint density at radius 1 is 1.04 bits per heavy atom. The van der Waals surface area contributed by atoms with Gasteiger partial charge in [-0.25, -0.2) is 0 Å². The van der Waals surface area contributed by atoms with Gasteiger partial charge in [0.2, 0.25) is 11.8 Å². The quantitative estimate of drug-likeness (QED) is 0.757. The van der Waals surface area contributed by atoms with Crippen LogP contribution >= 0.6 is 0 Å². The topological polar surface area (TPSA) is 59.1 Å². The van der Waals surface area contributed by atoms with Crippen LogP contribution in [-0.2, 0) is 19.1 Å². The summed E-state index contributed by atoms with van der Waals surface area (Å²) in [4.78, 5) is 28.1. The van der Waals surface area contributed by atoms with Gasteiger partial charge in [-0.3, -0.25) is 9.59 Å². The summed E-state index contributed by atoms with van der Waals surface area (Å²) >= 11 is 0. The fourth-order valence-corrected chi connectivity index (χ4v) is 4.12. The first-order chi connectivity index (χ1) is 11.6. The molecule has 3 heterocycles. The second-order valence-corrected chi connectivity index (χ2v) is 7.94. The van der Waals surface area contributed by atoms with E-state index in [0.29, 0.717) is 32.0 Å². The maximum Gasteiger partial charge on any atom is 0.248 e. The maximum atomic E-state index is 12.1. The standard InChI is InChI=1S/C18H28N2O4/c21-16(9-14-3-4-14)20-12-18(13-20)10-15(5-8-24-18)23-11-17(22)19-6-1-2-7-19/h14-15H,1-13H2/t15-/m1/s1. The molecule has 1 spiro atoms. The van der Waals surface area contributed by atoms with E-state index in [9.17, 15) is 9.59 Å². The Kier molecular flexibility index (Phi) is 4.52. The third-order valence-electron chi connectivity index (χ3n) is 5.82. The van der Waals surface area contributed by atoms with E-state index in [1.807, 2.05) is 9.80 Å². The highest BCUT2D eigenvalue weighted by atomic mass is 16.5. The SMILES string of the molecule is O=C(CO[C@@H]1CCOC2(C1)CN(C(=O)CC1CC1)C2)N1CCCC1. The third kappa shape index (κ3) is 3.59. The van der Waals surface area contributed by atoms with Crippen molar-refractivity contribution in [3.05, 3.63) is 0 Å². The average molecular weight is 336 g/mol. The highest BCUT2D eigenvalue weighted by molar-refractivity contribution is 5.78. The Bertz CT molecular complexity index is 493. The summed E-state index contributed by atoms with van der Waals surface area (Å²) in [6.45, 7) is 3.98. The summed E-state index contributed by atoms with van der Waals surface area (Å²) in [5, 5.41) is 0. The van der Waals surface area contributed by atoms with Crippen molar-refractivity contribution in [3.8, 4) is 0 Å². The van der Waals surface area contributed by atoms with Gasteiger partial charge in [0, 0.05) is 32.5 Å². The Hall–Kier alpha value is -1.14. The van der Waals surface area contributed by atoms with Crippen LogP contribution in [0.4, 0.5) is 0 Å². The predicted octanol–water partition coefficient (Wildman–Crippen LogP) is 1.19. The van der Waals surface area contributed by atoms with Gasteiger partial charge >= 0.3 is 0 Å². The van der Waals surface area contributed by atoms with Crippen molar-refractivity contribution in [3.63, 3.8) is 0 Å². The van der Waals surface area contributed by atoms with E-state index in [4.69, 9.17) is 9.47 Å². The molecule has 6 heteroatoms. The van der Waals surface area contributed by atoms with Gasteiger partial charge in [0.05, 0.1) is 19.2 Å². The predicted molar refractivity (Wildman–Crippen MR) is 87.4 cm³/mol. The lowest BCUT2D eigenvalue weighted by Crippen LogP contribution is -2.67. The number of nitrogens with zero attached hydrogens (tertiary/aromatic N) is 2. The zero-order valence-corrected chi connectivity index (χ0v) is 14.4. The Morgan fingerprint density at radius 2 is 1.79 bits per heavy atom. The van der Waals surface area contributed by atoms with Crippen LogP contribution in [0.2, 0.25) is 0 Å². The molecular weight excluding hydrogens is 308 g/mol. The molecule has 3 saturated heterocycles. The third-order valence-corrected chi connectivity index (χ3v) is 5.82. The highest BCUT2D eigenvalue weighted by Crippen LogP contribution is 2.38. The molecule has 0 unspecified atom stereocenters. The first-order valence-corrected chi connectivity index (χ1v) is 9.45. The number of hydrogen-bond acceptors (Lipinski definition) is 4. The molecule has 3 aliphatic heterocycles. The molecule has 134 valence electrons. The van der Waals surface area contributed by atoms with Crippen molar-refractivity contribution < 1.29 is 19.1 Å². The molecule has 4 rings (SSSR count). The minimum Gasteiger partial charge on any atom is -0.371 e. The van der Waals surface area contributed by atoms with Crippen molar-refractivity contribution in [2.75, 3.05) is 39.4 Å². The van der Waals surface area contributed by atoms with Crippen LogP contribution in [0, 0.1) is 5.92 Å². The summed E-state index contributed by atoms with van der Waals surface area (Å²) < 4.78 is 11.9. The molecule has 6 nitrogen and oxygen atoms in total. The van der Waals surface area contributed by atoms with Crippen LogP contribution in [0.1, 0.15) is 44.9 Å². The number of amides is 2. The summed E-state index contributed by atoms with van der Waals surface area (Å²) in [7, 11) is 0. The lowest BCUT2D eigenvalue weighted by molar-refractivity contribution is -0.202. The smallest absolute Gasteiger partial charge is 0.248 e. The largest absolute Gasteiger partial charge is 0.371 e. The number of likely N-dealkylation sites (tertiary alicyclic amines) is 2. The van der Waals surface area contributed by atoms with Crippen molar-refractivity contribution in [2.45, 2.75) is 56.7 Å². The summed E-state index contributed by atoms with van der Waals surface area (Å²) in [6.07, 6.45) is 7.06. The average Bonchev–Trinajstić information content (AvgIpc) is 3.19. The van der Waals surface area contributed by atoms with Crippen LogP contribution in [0.25, 0.3) is 0 Å². The summed E-state index contributed by atoms with van der Waals surface area (Å²) in [5.74, 6) is 1.02. The van der Waals surface area contributed by atoms with Gasteiger partial charge in [-0.15, -0.1) is 0 Å². The normalized spacial score (nSPS) is 28.9. The molecule has 2 amide bonds. The molecule has 0 N–H and O–H groups in total. The van der Waals surface area contributed by atoms with Crippen LogP contribution in [0.15, 0.2) is 0 Å². The zero-order chi connectivity index (χ0) is 16.6. The van der Waals surface area contributed by atoms with Crippen molar-refractivity contribution >= 4 is 11.8 Å². The van der Waals surface area contributed by atoms with Crippen LogP contribution < -0.4 is 0 Å². The number of carbonyl (C=O) groups is 2. The molecule has 0 bridgehead atoms.